The predicted octanol–water partition coefficient (Wildman–Crippen LogP) is 2.50. The van der Waals surface area contributed by atoms with Gasteiger partial charge in [0, 0.05) is 12.6 Å². The van der Waals surface area contributed by atoms with E-state index in [0.29, 0.717) is 5.84 Å². The van der Waals surface area contributed by atoms with Gasteiger partial charge in [-0.15, -0.1) is 0 Å². The smallest absolute Gasteiger partial charge is 0.303 e. The van der Waals surface area contributed by atoms with Crippen LogP contribution >= 0.6 is 0 Å². The number of pyridine rings is 1. The van der Waals surface area contributed by atoms with Gasteiger partial charge >= 0.3 is 5.97 Å². The van der Waals surface area contributed by atoms with Gasteiger partial charge in [-0.1, -0.05) is 25.3 Å². The summed E-state index contributed by atoms with van der Waals surface area (Å²) in [4.78, 5) is 24.5. The first-order valence-corrected chi connectivity index (χ1v) is 7.38. The summed E-state index contributed by atoms with van der Waals surface area (Å²) in [5.74, 6) is -0.0288. The second-order valence-electron chi connectivity index (χ2n) is 5.07. The van der Waals surface area contributed by atoms with Crippen molar-refractivity contribution in [2.45, 2.75) is 51.2 Å². The van der Waals surface area contributed by atoms with Gasteiger partial charge in [0.1, 0.15) is 5.69 Å². The Morgan fingerprint density at radius 2 is 2.05 bits per heavy atom. The molecule has 0 saturated carbocycles. The average molecular weight is 291 g/mol. The van der Waals surface area contributed by atoms with Crippen LogP contribution in [0.4, 0.5) is 0 Å². The molecule has 0 aromatic carbocycles. The normalized spacial score (nSPS) is 17.3. The van der Waals surface area contributed by atoms with Gasteiger partial charge in [-0.25, -0.2) is 15.3 Å². The molecule has 6 heteroatoms. The molecule has 0 aliphatic carbocycles. The van der Waals surface area contributed by atoms with E-state index in [1.807, 2.05) is 18.2 Å². The number of hydrogen-bond acceptors (Lipinski definition) is 5. The van der Waals surface area contributed by atoms with Gasteiger partial charge in [-0.2, -0.15) is 0 Å². The van der Waals surface area contributed by atoms with Crippen molar-refractivity contribution < 1.29 is 14.7 Å². The molecule has 1 aliphatic rings. The van der Waals surface area contributed by atoms with Crippen molar-refractivity contribution >= 4 is 11.8 Å². The maximum atomic E-state index is 10.4. The fourth-order valence-corrected chi connectivity index (χ4v) is 2.19. The summed E-state index contributed by atoms with van der Waals surface area (Å²) in [6, 6.07) is 5.67. The molecule has 1 aromatic rings. The summed E-state index contributed by atoms with van der Waals surface area (Å²) >= 11 is 0. The third kappa shape index (κ3) is 5.51. The van der Waals surface area contributed by atoms with Gasteiger partial charge in [0.25, 0.3) is 0 Å². The zero-order valence-corrected chi connectivity index (χ0v) is 12.0. The van der Waals surface area contributed by atoms with Crippen LogP contribution in [0.25, 0.3) is 0 Å². The van der Waals surface area contributed by atoms with E-state index in [9.17, 15) is 4.79 Å². The van der Waals surface area contributed by atoms with Crippen LogP contribution in [0.3, 0.4) is 0 Å². The van der Waals surface area contributed by atoms with E-state index in [1.165, 1.54) is 0 Å². The number of nitrogens with zero attached hydrogens (tertiary/aromatic N) is 2. The maximum absolute atomic E-state index is 10.4. The second-order valence-corrected chi connectivity index (χ2v) is 5.07. The topological polar surface area (TPSA) is 83.8 Å². The number of carbonyl (C=O) groups is 1. The van der Waals surface area contributed by atoms with E-state index < -0.39 is 5.97 Å². The van der Waals surface area contributed by atoms with Crippen LogP contribution in [-0.2, 0) is 9.63 Å². The monoisotopic (exact) mass is 291 g/mol. The van der Waals surface area contributed by atoms with Crippen molar-refractivity contribution in [2.24, 2.45) is 4.99 Å². The van der Waals surface area contributed by atoms with Gasteiger partial charge < -0.3 is 5.11 Å². The summed E-state index contributed by atoms with van der Waals surface area (Å²) in [7, 11) is 0. The second kappa shape index (κ2) is 8.36. The number of amidine groups is 1. The van der Waals surface area contributed by atoms with Crippen LogP contribution in [0.5, 0.6) is 0 Å². The molecule has 0 saturated heterocycles. The minimum Gasteiger partial charge on any atom is -0.481 e. The van der Waals surface area contributed by atoms with Crippen molar-refractivity contribution in [1.29, 1.82) is 0 Å². The highest BCUT2D eigenvalue weighted by Gasteiger charge is 2.18. The Morgan fingerprint density at radius 3 is 2.81 bits per heavy atom. The number of nitrogens with one attached hydrogen (secondary N) is 1. The van der Waals surface area contributed by atoms with E-state index in [2.05, 4.69) is 15.5 Å². The van der Waals surface area contributed by atoms with Crippen LogP contribution in [0.15, 0.2) is 29.4 Å². The molecule has 21 heavy (non-hydrogen) atoms. The highest BCUT2D eigenvalue weighted by atomic mass is 16.7. The van der Waals surface area contributed by atoms with Gasteiger partial charge in [0.05, 0.1) is 0 Å². The number of hydrogen-bond donors (Lipinski definition) is 2. The van der Waals surface area contributed by atoms with Crippen molar-refractivity contribution in [2.75, 3.05) is 0 Å². The summed E-state index contributed by atoms with van der Waals surface area (Å²) in [6.07, 6.45) is 7.61. The molecule has 1 atom stereocenters. The van der Waals surface area contributed by atoms with Crippen LogP contribution in [0, 0.1) is 0 Å². The molecule has 2 heterocycles. The first kappa shape index (κ1) is 15.4. The summed E-state index contributed by atoms with van der Waals surface area (Å²) in [6.45, 7) is 0. The molecule has 1 aliphatic heterocycles. The lowest BCUT2D eigenvalue weighted by molar-refractivity contribution is -0.137. The molecule has 0 radical (unpaired) electrons. The molecule has 6 nitrogen and oxygen atoms in total. The highest BCUT2D eigenvalue weighted by Crippen LogP contribution is 2.14. The quantitative estimate of drug-likeness (QED) is 0.683. The fraction of sp³-hybridized carbons (Fsp3) is 0.533. The Hall–Kier alpha value is -1.95. The molecule has 1 aromatic heterocycles. The molecule has 2 rings (SSSR count). The number of carboxylic acid groups (broad SMARTS) is 1. The van der Waals surface area contributed by atoms with Gasteiger partial charge in [0.15, 0.2) is 12.1 Å². The summed E-state index contributed by atoms with van der Waals surface area (Å²) in [5, 5.41) is 8.54. The number of rotatable bonds is 9. The van der Waals surface area contributed by atoms with Crippen LogP contribution in [-0.4, -0.2) is 28.1 Å². The molecule has 0 spiro atoms. The molecule has 114 valence electrons. The minimum absolute atomic E-state index is 0.152. The molecule has 1 unspecified atom stereocenters. The molecular weight excluding hydrogens is 270 g/mol. The highest BCUT2D eigenvalue weighted by molar-refractivity contribution is 5.96. The van der Waals surface area contributed by atoms with Crippen molar-refractivity contribution in [3.63, 3.8) is 0 Å². The zero-order valence-electron chi connectivity index (χ0n) is 12.0. The predicted molar refractivity (Wildman–Crippen MR) is 78.7 cm³/mol. The lowest BCUT2D eigenvalue weighted by Crippen LogP contribution is -2.20. The maximum Gasteiger partial charge on any atom is 0.303 e. The Kier molecular flexibility index (Phi) is 6.15. The van der Waals surface area contributed by atoms with E-state index in [1.54, 1.807) is 6.20 Å². The summed E-state index contributed by atoms with van der Waals surface area (Å²) in [5.41, 5.74) is 3.60. The van der Waals surface area contributed by atoms with Gasteiger partial charge in [0.2, 0.25) is 0 Å². The summed E-state index contributed by atoms with van der Waals surface area (Å²) < 4.78 is 0. The SMILES string of the molecule is O=C(O)CCCCCCCC1N=C(c2ccccn2)NO1. The standard InChI is InChI=1S/C15H21N3O3/c19-14(20)10-5-3-1-2-4-9-13-17-15(18-21-13)12-8-6-7-11-16-12/h6-8,11,13H,1-5,9-10H2,(H,17,18)(H,19,20). The lowest BCUT2D eigenvalue weighted by Gasteiger charge is -2.05. The van der Waals surface area contributed by atoms with E-state index >= 15 is 0 Å². The van der Waals surface area contributed by atoms with Crippen molar-refractivity contribution in [3.8, 4) is 0 Å². The fourth-order valence-electron chi connectivity index (χ4n) is 2.19. The first-order valence-electron chi connectivity index (χ1n) is 7.38. The Bertz CT molecular complexity index is 476. The Morgan fingerprint density at radius 1 is 1.24 bits per heavy atom. The third-order valence-corrected chi connectivity index (χ3v) is 3.31. The molecular formula is C15H21N3O3. The first-order chi connectivity index (χ1) is 10.3. The van der Waals surface area contributed by atoms with E-state index in [-0.39, 0.29) is 12.6 Å². The zero-order chi connectivity index (χ0) is 14.9. The van der Waals surface area contributed by atoms with Crippen LogP contribution in [0.1, 0.15) is 50.6 Å². The van der Waals surface area contributed by atoms with Gasteiger partial charge in [-0.3, -0.25) is 9.78 Å². The van der Waals surface area contributed by atoms with E-state index in [4.69, 9.17) is 9.94 Å². The number of hydroxylamine groups is 1. The Balaban J connectivity index is 1.60. The minimum atomic E-state index is -0.711. The number of aliphatic imine (C=N–C) groups is 1. The van der Waals surface area contributed by atoms with Gasteiger partial charge in [-0.05, 0) is 31.4 Å². The van der Waals surface area contributed by atoms with E-state index in [0.717, 1.165) is 44.2 Å². The number of aromatic nitrogens is 1. The largest absolute Gasteiger partial charge is 0.481 e. The van der Waals surface area contributed by atoms with Crippen molar-refractivity contribution in [1.82, 2.24) is 10.5 Å². The number of unbranched alkanes of at least 4 members (excludes halogenated alkanes) is 4. The van der Waals surface area contributed by atoms with Crippen LogP contribution in [0.2, 0.25) is 0 Å². The molecule has 0 fully saturated rings. The number of carboxylic acids is 1. The Labute approximate surface area is 124 Å². The molecule has 0 bridgehead atoms. The molecule has 2 N–H and O–H groups in total. The van der Waals surface area contributed by atoms with Crippen molar-refractivity contribution in [3.05, 3.63) is 30.1 Å². The molecule has 0 amide bonds. The lowest BCUT2D eigenvalue weighted by atomic mass is 10.1. The average Bonchev–Trinajstić information content (AvgIpc) is 2.96. The third-order valence-electron chi connectivity index (χ3n) is 3.31. The number of aliphatic carboxylic acids is 1. The van der Waals surface area contributed by atoms with Crippen LogP contribution < -0.4 is 5.48 Å².